The van der Waals surface area contributed by atoms with Crippen LogP contribution in [-0.2, 0) is 16.6 Å². The summed E-state index contributed by atoms with van der Waals surface area (Å²) >= 11 is 0. The minimum atomic E-state index is -3.69. The number of carbonyl (C=O) groups is 1. The molecule has 1 N–H and O–H groups in total. The average molecular weight is 428 g/mol. The maximum absolute atomic E-state index is 13.1. The molecule has 2 unspecified atom stereocenters. The number of nitrogens with one attached hydrogen (secondary N) is 1. The smallest absolute Gasteiger partial charge is 0.254 e. The standard InChI is InChI=1S/C22H25N3O4S/c1-15-13-20(15)21-10-7-18(29-21)14-25(17-5-6-17)22(26)16-3-8-19(9-4-16)30(27,28)24-12-2-11-23/h3-4,7-10,15,17,20,24H,2,5-6,12-14H2,1H3. The van der Waals surface area contributed by atoms with E-state index in [-0.39, 0.29) is 29.8 Å². The fourth-order valence-corrected chi connectivity index (χ4v) is 4.62. The Bertz CT molecular complexity index is 1060. The lowest BCUT2D eigenvalue weighted by Crippen LogP contribution is -2.32. The molecule has 0 aliphatic heterocycles. The highest BCUT2D eigenvalue weighted by Crippen LogP contribution is 2.47. The van der Waals surface area contributed by atoms with Crippen molar-refractivity contribution >= 4 is 15.9 Å². The zero-order valence-electron chi connectivity index (χ0n) is 16.9. The Morgan fingerprint density at radius 2 is 1.93 bits per heavy atom. The van der Waals surface area contributed by atoms with Gasteiger partial charge in [-0.3, -0.25) is 4.79 Å². The molecule has 2 aliphatic rings. The van der Waals surface area contributed by atoms with Crippen LogP contribution in [0.3, 0.4) is 0 Å². The van der Waals surface area contributed by atoms with Crippen LogP contribution in [0.15, 0.2) is 45.7 Å². The Morgan fingerprint density at radius 3 is 2.53 bits per heavy atom. The van der Waals surface area contributed by atoms with Gasteiger partial charge in [0.2, 0.25) is 10.0 Å². The van der Waals surface area contributed by atoms with Gasteiger partial charge in [-0.25, -0.2) is 13.1 Å². The molecule has 2 aliphatic carbocycles. The molecule has 30 heavy (non-hydrogen) atoms. The minimum Gasteiger partial charge on any atom is -0.464 e. The molecule has 0 radical (unpaired) electrons. The van der Waals surface area contributed by atoms with E-state index in [1.54, 1.807) is 0 Å². The van der Waals surface area contributed by atoms with Crippen LogP contribution in [-0.4, -0.2) is 31.8 Å². The van der Waals surface area contributed by atoms with Gasteiger partial charge in [0.1, 0.15) is 11.5 Å². The van der Waals surface area contributed by atoms with E-state index in [9.17, 15) is 13.2 Å². The summed E-state index contributed by atoms with van der Waals surface area (Å²) in [4.78, 5) is 15.0. The van der Waals surface area contributed by atoms with E-state index in [0.29, 0.717) is 23.9 Å². The second-order valence-electron chi connectivity index (χ2n) is 8.12. The van der Waals surface area contributed by atoms with Gasteiger partial charge < -0.3 is 9.32 Å². The Labute approximate surface area is 176 Å². The van der Waals surface area contributed by atoms with Gasteiger partial charge in [0.25, 0.3) is 5.91 Å². The summed E-state index contributed by atoms with van der Waals surface area (Å²) in [6.45, 7) is 2.68. The van der Waals surface area contributed by atoms with Gasteiger partial charge in [0, 0.05) is 30.5 Å². The maximum atomic E-state index is 13.1. The van der Waals surface area contributed by atoms with Crippen LogP contribution in [0.5, 0.6) is 0 Å². The van der Waals surface area contributed by atoms with Crippen LogP contribution < -0.4 is 4.72 Å². The average Bonchev–Trinajstić information content (AvgIpc) is 3.65. The van der Waals surface area contributed by atoms with Gasteiger partial charge in [-0.2, -0.15) is 5.26 Å². The minimum absolute atomic E-state index is 0.0553. The van der Waals surface area contributed by atoms with Gasteiger partial charge in [0.05, 0.1) is 17.5 Å². The Hall–Kier alpha value is -2.63. The molecule has 4 rings (SSSR count). The molecule has 8 heteroatoms. The molecule has 2 fully saturated rings. The molecule has 0 spiro atoms. The third-order valence-corrected chi connectivity index (χ3v) is 7.15. The van der Waals surface area contributed by atoms with Crippen molar-refractivity contribution in [1.82, 2.24) is 9.62 Å². The molecular formula is C22H25N3O4S. The van der Waals surface area contributed by atoms with Crippen molar-refractivity contribution in [3.63, 3.8) is 0 Å². The topological polar surface area (TPSA) is 103 Å². The molecule has 2 aromatic rings. The molecule has 0 bridgehead atoms. The Kier molecular flexibility index (Phi) is 5.67. The third kappa shape index (κ3) is 4.58. The van der Waals surface area contributed by atoms with Crippen LogP contribution in [0.1, 0.15) is 60.4 Å². The van der Waals surface area contributed by atoms with E-state index in [4.69, 9.17) is 9.68 Å². The van der Waals surface area contributed by atoms with Crippen LogP contribution in [0.2, 0.25) is 0 Å². The molecule has 2 atom stereocenters. The number of amides is 1. The van der Waals surface area contributed by atoms with Crippen LogP contribution in [0.25, 0.3) is 0 Å². The predicted octanol–water partition coefficient (Wildman–Crippen LogP) is 3.40. The van der Waals surface area contributed by atoms with Crippen molar-refractivity contribution < 1.29 is 17.6 Å². The van der Waals surface area contributed by atoms with Crippen LogP contribution in [0, 0.1) is 17.2 Å². The van der Waals surface area contributed by atoms with Gasteiger partial charge in [0.15, 0.2) is 0 Å². The number of carbonyl (C=O) groups excluding carboxylic acids is 1. The molecule has 2 saturated carbocycles. The summed E-state index contributed by atoms with van der Waals surface area (Å²) in [5.74, 6) is 2.82. The number of rotatable bonds is 9. The van der Waals surface area contributed by atoms with Crippen molar-refractivity contribution in [2.45, 2.75) is 56.0 Å². The summed E-state index contributed by atoms with van der Waals surface area (Å²) in [6.07, 6.45) is 3.18. The first-order valence-corrected chi connectivity index (χ1v) is 11.7. The van der Waals surface area contributed by atoms with Crippen molar-refractivity contribution in [3.8, 4) is 6.07 Å². The molecule has 1 aromatic heterocycles. The second-order valence-corrected chi connectivity index (χ2v) is 9.89. The number of hydrogen-bond donors (Lipinski definition) is 1. The van der Waals surface area contributed by atoms with Crippen LogP contribution in [0.4, 0.5) is 0 Å². The summed E-state index contributed by atoms with van der Waals surface area (Å²) in [5.41, 5.74) is 0.445. The van der Waals surface area contributed by atoms with Crippen molar-refractivity contribution in [2.24, 2.45) is 5.92 Å². The second kappa shape index (κ2) is 8.25. The summed E-state index contributed by atoms with van der Waals surface area (Å²) in [6, 6.07) is 12.0. The highest BCUT2D eigenvalue weighted by atomic mass is 32.2. The van der Waals surface area contributed by atoms with E-state index in [2.05, 4.69) is 11.6 Å². The molecule has 1 heterocycles. The van der Waals surface area contributed by atoms with E-state index >= 15 is 0 Å². The quantitative estimate of drug-likeness (QED) is 0.618. The molecule has 1 aromatic carbocycles. The van der Waals surface area contributed by atoms with Crippen molar-refractivity contribution in [1.29, 1.82) is 5.26 Å². The van der Waals surface area contributed by atoms with Gasteiger partial charge in [-0.1, -0.05) is 6.92 Å². The zero-order valence-corrected chi connectivity index (χ0v) is 17.7. The normalized spacial score (nSPS) is 20.5. The molecule has 7 nitrogen and oxygen atoms in total. The Balaban J connectivity index is 1.45. The fourth-order valence-electron chi connectivity index (χ4n) is 3.59. The third-order valence-electron chi connectivity index (χ3n) is 5.67. The first kappa shape index (κ1) is 20.6. The highest BCUT2D eigenvalue weighted by Gasteiger charge is 2.37. The summed E-state index contributed by atoms with van der Waals surface area (Å²) in [7, 11) is -3.69. The number of sulfonamides is 1. The van der Waals surface area contributed by atoms with E-state index in [0.717, 1.165) is 30.8 Å². The van der Waals surface area contributed by atoms with E-state index in [1.165, 1.54) is 24.3 Å². The first-order chi connectivity index (χ1) is 14.4. The molecular weight excluding hydrogens is 402 g/mol. The number of hydrogen-bond acceptors (Lipinski definition) is 5. The molecule has 1 amide bonds. The van der Waals surface area contributed by atoms with E-state index in [1.807, 2.05) is 23.1 Å². The fraction of sp³-hybridized carbons (Fsp3) is 0.455. The van der Waals surface area contributed by atoms with Crippen LogP contribution >= 0.6 is 0 Å². The lowest BCUT2D eigenvalue weighted by molar-refractivity contribution is 0.0716. The largest absolute Gasteiger partial charge is 0.464 e. The van der Waals surface area contributed by atoms with Gasteiger partial charge in [-0.15, -0.1) is 0 Å². The number of nitriles is 1. The summed E-state index contributed by atoms with van der Waals surface area (Å²) in [5, 5.41) is 8.55. The number of benzene rings is 1. The summed E-state index contributed by atoms with van der Waals surface area (Å²) < 4.78 is 32.8. The van der Waals surface area contributed by atoms with Gasteiger partial charge in [-0.05, 0) is 61.6 Å². The number of nitrogens with zero attached hydrogens (tertiary/aromatic N) is 2. The van der Waals surface area contributed by atoms with E-state index < -0.39 is 10.0 Å². The lowest BCUT2D eigenvalue weighted by atomic mass is 10.2. The van der Waals surface area contributed by atoms with Gasteiger partial charge >= 0.3 is 0 Å². The first-order valence-electron chi connectivity index (χ1n) is 10.3. The lowest BCUT2D eigenvalue weighted by Gasteiger charge is -2.21. The number of furan rings is 1. The van der Waals surface area contributed by atoms with Crippen molar-refractivity contribution in [3.05, 3.63) is 53.5 Å². The van der Waals surface area contributed by atoms with Crippen molar-refractivity contribution in [2.75, 3.05) is 6.54 Å². The highest BCUT2D eigenvalue weighted by molar-refractivity contribution is 7.89. The SMILES string of the molecule is CC1CC1c1ccc(CN(C(=O)c2ccc(S(=O)(=O)NCCC#N)cc2)C2CC2)o1. The molecule has 158 valence electrons. The predicted molar refractivity (Wildman–Crippen MR) is 110 cm³/mol. The Morgan fingerprint density at radius 1 is 1.23 bits per heavy atom. The monoisotopic (exact) mass is 427 g/mol. The maximum Gasteiger partial charge on any atom is 0.254 e. The molecule has 0 saturated heterocycles. The zero-order chi connectivity index (χ0) is 21.3.